The molecule has 0 bridgehead atoms. The first-order valence-electron chi connectivity index (χ1n) is 10.2. The van der Waals surface area contributed by atoms with Gasteiger partial charge in [0, 0.05) is 24.3 Å². The Morgan fingerprint density at radius 2 is 1.53 bits per heavy atom. The van der Waals surface area contributed by atoms with Gasteiger partial charge in [0.05, 0.1) is 12.3 Å². The maximum Gasteiger partial charge on any atom is 0.194 e. The van der Waals surface area contributed by atoms with Crippen molar-refractivity contribution in [2.45, 2.75) is 19.3 Å². The van der Waals surface area contributed by atoms with Crippen molar-refractivity contribution in [3.8, 4) is 11.3 Å². The summed E-state index contributed by atoms with van der Waals surface area (Å²) >= 11 is 0. The molecule has 3 aromatic carbocycles. The zero-order chi connectivity index (χ0) is 22.7. The predicted molar refractivity (Wildman–Crippen MR) is 116 cm³/mol. The van der Waals surface area contributed by atoms with Crippen LogP contribution in [0.5, 0.6) is 0 Å². The molecule has 32 heavy (non-hydrogen) atoms. The van der Waals surface area contributed by atoms with Crippen molar-refractivity contribution in [3.63, 3.8) is 0 Å². The predicted octanol–water partition coefficient (Wildman–Crippen LogP) is 6.43. The molecular formula is C26H21F4NO. The van der Waals surface area contributed by atoms with Crippen molar-refractivity contribution in [2.75, 3.05) is 13.7 Å². The summed E-state index contributed by atoms with van der Waals surface area (Å²) in [4.78, 5) is 4.49. The molecule has 6 heteroatoms. The Morgan fingerprint density at radius 1 is 0.750 bits per heavy atom. The average molecular weight is 439 g/mol. The number of fused-ring (bicyclic) bond motifs is 1. The van der Waals surface area contributed by atoms with E-state index < -0.39 is 17.5 Å². The molecule has 0 radical (unpaired) electrons. The molecule has 4 rings (SSSR count). The molecule has 0 saturated carbocycles. The Kier molecular flexibility index (Phi) is 6.51. The molecule has 0 fully saturated rings. The molecular weight excluding hydrogens is 418 g/mol. The Hall–Kier alpha value is -3.25. The van der Waals surface area contributed by atoms with Crippen LogP contribution < -0.4 is 0 Å². The molecule has 0 amide bonds. The lowest BCUT2D eigenvalue weighted by Crippen LogP contribution is -1.99. The van der Waals surface area contributed by atoms with Gasteiger partial charge in [-0.3, -0.25) is 4.98 Å². The summed E-state index contributed by atoms with van der Waals surface area (Å²) in [7, 11) is 1.66. The number of methoxy groups -OCH3 is 1. The molecule has 1 aromatic heterocycles. The molecule has 1 heterocycles. The lowest BCUT2D eigenvalue weighted by atomic mass is 9.98. The van der Waals surface area contributed by atoms with Gasteiger partial charge in [-0.2, -0.15) is 0 Å². The number of hydrogen-bond donors (Lipinski definition) is 0. The number of rotatable bonds is 7. The van der Waals surface area contributed by atoms with Gasteiger partial charge in [-0.25, -0.2) is 17.6 Å². The Morgan fingerprint density at radius 3 is 2.22 bits per heavy atom. The molecule has 0 aliphatic heterocycles. The van der Waals surface area contributed by atoms with Crippen LogP contribution in [0.1, 0.15) is 16.7 Å². The van der Waals surface area contributed by atoms with Crippen LogP contribution in [0.3, 0.4) is 0 Å². The van der Waals surface area contributed by atoms with E-state index in [1.54, 1.807) is 19.2 Å². The molecule has 0 unspecified atom stereocenters. The first kappa shape index (κ1) is 22.0. The van der Waals surface area contributed by atoms with Gasteiger partial charge in [0.2, 0.25) is 0 Å². The van der Waals surface area contributed by atoms with Gasteiger partial charge in [-0.15, -0.1) is 0 Å². The lowest BCUT2D eigenvalue weighted by Gasteiger charge is -2.09. The zero-order valence-electron chi connectivity index (χ0n) is 17.5. The summed E-state index contributed by atoms with van der Waals surface area (Å²) in [5, 5.41) is 1.19. The van der Waals surface area contributed by atoms with E-state index in [9.17, 15) is 13.2 Å². The highest BCUT2D eigenvalue weighted by Crippen LogP contribution is 2.27. The number of halogens is 4. The van der Waals surface area contributed by atoms with Gasteiger partial charge >= 0.3 is 0 Å². The summed E-state index contributed by atoms with van der Waals surface area (Å²) in [6.07, 6.45) is 3.02. The van der Waals surface area contributed by atoms with E-state index in [0.29, 0.717) is 17.6 Å². The normalized spacial score (nSPS) is 11.3. The first-order valence-corrected chi connectivity index (χ1v) is 10.2. The minimum atomic E-state index is -1.50. The quantitative estimate of drug-likeness (QED) is 0.244. The Labute approximate surface area is 183 Å². The largest absolute Gasteiger partial charge is 0.384 e. The molecule has 0 spiro atoms. The van der Waals surface area contributed by atoms with Gasteiger partial charge in [-0.05, 0) is 65.6 Å². The number of aryl methyl sites for hydroxylation is 2. The van der Waals surface area contributed by atoms with Gasteiger partial charge in [0.25, 0.3) is 0 Å². The van der Waals surface area contributed by atoms with Gasteiger partial charge < -0.3 is 4.74 Å². The third-order valence-electron chi connectivity index (χ3n) is 5.48. The first-order chi connectivity index (χ1) is 15.5. The number of nitrogens with zero attached hydrogens (tertiary/aromatic N) is 1. The number of aromatic nitrogens is 1. The van der Waals surface area contributed by atoms with Crippen LogP contribution in [-0.4, -0.2) is 18.7 Å². The second-order valence-electron chi connectivity index (χ2n) is 7.64. The maximum absolute atomic E-state index is 15.1. The number of ether oxygens (including phenoxy) is 1. The maximum atomic E-state index is 15.1. The highest BCUT2D eigenvalue weighted by molar-refractivity contribution is 5.88. The van der Waals surface area contributed by atoms with E-state index >= 15 is 4.39 Å². The van der Waals surface area contributed by atoms with E-state index in [2.05, 4.69) is 4.98 Å². The van der Waals surface area contributed by atoms with Crippen LogP contribution in [0.25, 0.3) is 22.0 Å². The summed E-state index contributed by atoms with van der Waals surface area (Å²) in [6.45, 7) is 0.629. The summed E-state index contributed by atoms with van der Waals surface area (Å²) in [6, 6.07) is 14.7. The lowest BCUT2D eigenvalue weighted by molar-refractivity contribution is 0.202. The highest BCUT2D eigenvalue weighted by atomic mass is 19.2. The second-order valence-corrected chi connectivity index (χ2v) is 7.64. The van der Waals surface area contributed by atoms with Gasteiger partial charge in [-0.1, -0.05) is 30.3 Å². The molecule has 0 saturated heterocycles. The topological polar surface area (TPSA) is 22.1 Å². The molecule has 0 aliphatic rings. The van der Waals surface area contributed by atoms with Crippen molar-refractivity contribution in [1.82, 2.24) is 4.98 Å². The molecule has 0 N–H and O–H groups in total. The molecule has 2 nitrogen and oxygen atoms in total. The van der Waals surface area contributed by atoms with Crippen molar-refractivity contribution in [2.24, 2.45) is 0 Å². The van der Waals surface area contributed by atoms with Crippen molar-refractivity contribution >= 4 is 10.8 Å². The summed E-state index contributed by atoms with van der Waals surface area (Å²) in [5.74, 6) is -4.36. The third-order valence-corrected chi connectivity index (χ3v) is 5.48. The SMILES string of the molecule is COCCc1ccc(-c2ccc3c(F)c(CCc4cc(F)c(F)c(F)c4)ccc3c2)nc1. The van der Waals surface area contributed by atoms with E-state index in [4.69, 9.17) is 4.74 Å². The minimum absolute atomic E-state index is 0.188. The van der Waals surface area contributed by atoms with Crippen molar-refractivity contribution in [1.29, 1.82) is 0 Å². The van der Waals surface area contributed by atoms with E-state index in [0.717, 1.165) is 40.8 Å². The molecule has 0 atom stereocenters. The fourth-order valence-corrected chi connectivity index (χ4v) is 3.68. The second kappa shape index (κ2) is 9.49. The minimum Gasteiger partial charge on any atom is -0.384 e. The van der Waals surface area contributed by atoms with Crippen LogP contribution >= 0.6 is 0 Å². The van der Waals surface area contributed by atoms with E-state index in [-0.39, 0.29) is 24.2 Å². The van der Waals surface area contributed by atoms with Crippen LogP contribution in [0, 0.1) is 23.3 Å². The van der Waals surface area contributed by atoms with Gasteiger partial charge in [0.1, 0.15) is 5.82 Å². The third kappa shape index (κ3) is 4.65. The Balaban J connectivity index is 1.54. The summed E-state index contributed by atoms with van der Waals surface area (Å²) < 4.78 is 60.1. The smallest absolute Gasteiger partial charge is 0.194 e. The molecule has 164 valence electrons. The van der Waals surface area contributed by atoms with Gasteiger partial charge in [0.15, 0.2) is 17.5 Å². The van der Waals surface area contributed by atoms with Crippen LogP contribution in [0.4, 0.5) is 17.6 Å². The Bertz CT molecular complexity index is 1230. The van der Waals surface area contributed by atoms with E-state index in [1.165, 1.54) is 0 Å². The standard InChI is InChI=1S/C26H21F4NO/c1-32-11-10-16-3-9-24(31-15-16)20-7-8-21-19(14-20)6-5-18(25(21)29)4-2-17-12-22(27)26(30)23(28)13-17/h3,5-9,12-15H,2,4,10-11H2,1H3. The number of pyridine rings is 1. The van der Waals surface area contributed by atoms with Crippen LogP contribution in [0.15, 0.2) is 60.8 Å². The van der Waals surface area contributed by atoms with E-state index in [1.807, 2.05) is 36.5 Å². The molecule has 0 aliphatic carbocycles. The fraction of sp³-hybridized carbons (Fsp3) is 0.192. The summed E-state index contributed by atoms with van der Waals surface area (Å²) in [5.41, 5.74) is 3.44. The fourth-order valence-electron chi connectivity index (χ4n) is 3.68. The number of hydrogen-bond acceptors (Lipinski definition) is 2. The number of benzene rings is 3. The monoisotopic (exact) mass is 439 g/mol. The van der Waals surface area contributed by atoms with Crippen molar-refractivity contribution < 1.29 is 22.3 Å². The van der Waals surface area contributed by atoms with Crippen LogP contribution in [0.2, 0.25) is 0 Å². The van der Waals surface area contributed by atoms with Crippen molar-refractivity contribution in [3.05, 3.63) is 101 Å². The zero-order valence-corrected chi connectivity index (χ0v) is 17.5. The van der Waals surface area contributed by atoms with Crippen LogP contribution in [-0.2, 0) is 24.0 Å². The average Bonchev–Trinajstić information content (AvgIpc) is 2.81. The highest BCUT2D eigenvalue weighted by Gasteiger charge is 2.13. The molecule has 4 aromatic rings.